The number of hydrogen-bond donors (Lipinski definition) is 0. The predicted octanol–water partition coefficient (Wildman–Crippen LogP) is 10.5. The Kier molecular flexibility index (Phi) is 15.4. The van der Waals surface area contributed by atoms with Gasteiger partial charge in [0.05, 0.1) is 0 Å². The van der Waals surface area contributed by atoms with Crippen LogP contribution in [0.15, 0.2) is 36.4 Å². The van der Waals surface area contributed by atoms with E-state index < -0.39 is 0 Å². The third-order valence-corrected chi connectivity index (χ3v) is 7.50. The van der Waals surface area contributed by atoms with Gasteiger partial charge in [0.15, 0.2) is 0 Å². The van der Waals surface area contributed by atoms with E-state index in [2.05, 4.69) is 90.9 Å². The molecule has 36 heavy (non-hydrogen) atoms. The van der Waals surface area contributed by atoms with Gasteiger partial charge in [0.1, 0.15) is 0 Å². The van der Waals surface area contributed by atoms with Gasteiger partial charge in [0.25, 0.3) is 0 Å². The van der Waals surface area contributed by atoms with Crippen LogP contribution in [0.25, 0.3) is 16.9 Å². The third kappa shape index (κ3) is 9.73. The molecule has 0 saturated heterocycles. The fourth-order valence-electron chi connectivity index (χ4n) is 4.70. The zero-order valence-electron chi connectivity index (χ0n) is 24.0. The first-order valence-electron chi connectivity index (χ1n) is 13.7. The van der Waals surface area contributed by atoms with Gasteiger partial charge in [-0.3, -0.25) is 0 Å². The van der Waals surface area contributed by atoms with E-state index in [0.29, 0.717) is 6.54 Å². The molecular weight excluding hydrogens is 470 g/mol. The minimum absolute atomic E-state index is 0. The third-order valence-electron chi connectivity index (χ3n) is 7.50. The smallest absolute Gasteiger partial charge is 0.677 e. The van der Waals surface area contributed by atoms with E-state index in [1.165, 1.54) is 101 Å². The summed E-state index contributed by atoms with van der Waals surface area (Å²) in [5, 5.41) is 0. The van der Waals surface area contributed by atoms with Crippen molar-refractivity contribution < 1.29 is 21.7 Å². The largest absolute Gasteiger partial charge is 3.00 e. The fraction of sp³-hybridized carbons (Fsp3) is 0.500. The molecule has 0 spiro atoms. The molecule has 0 aliphatic heterocycles. The monoisotopic (exact) mass is 518 g/mol. The van der Waals surface area contributed by atoms with Gasteiger partial charge in [-0.1, -0.05) is 135 Å². The Morgan fingerprint density at radius 3 is 1.97 bits per heavy atom. The Labute approximate surface area is 237 Å². The molecule has 0 heterocycles. The van der Waals surface area contributed by atoms with Crippen LogP contribution in [-0.4, -0.2) is 6.54 Å². The molecule has 1 nitrogen and oxygen atoms in total. The van der Waals surface area contributed by atoms with Crippen molar-refractivity contribution in [3.05, 3.63) is 92.7 Å². The summed E-state index contributed by atoms with van der Waals surface area (Å²) in [6.45, 7) is 15.8. The van der Waals surface area contributed by atoms with Crippen molar-refractivity contribution in [1.29, 1.82) is 0 Å². The van der Waals surface area contributed by atoms with E-state index >= 15 is 0 Å². The van der Waals surface area contributed by atoms with Gasteiger partial charge in [0, 0.05) is 0 Å². The molecule has 1 radical (unpaired) electrons. The molecule has 1 N–H and O–H groups in total. The van der Waals surface area contributed by atoms with Crippen LogP contribution in [0, 0.1) is 47.6 Å². The zero-order chi connectivity index (χ0) is 25.8. The zero-order valence-corrected chi connectivity index (χ0v) is 25.6. The van der Waals surface area contributed by atoms with Crippen LogP contribution in [0.4, 0.5) is 0 Å². The van der Waals surface area contributed by atoms with Gasteiger partial charge >= 0.3 is 21.7 Å². The van der Waals surface area contributed by atoms with Crippen LogP contribution in [0.3, 0.4) is 0 Å². The van der Waals surface area contributed by atoms with Crippen molar-refractivity contribution >= 4 is 0 Å². The van der Waals surface area contributed by atoms with Crippen molar-refractivity contribution in [2.45, 2.75) is 106 Å². The maximum atomic E-state index is 6.95. The Morgan fingerprint density at radius 1 is 0.833 bits per heavy atom. The summed E-state index contributed by atoms with van der Waals surface area (Å²) in [6, 6.07) is 16.7. The maximum absolute atomic E-state index is 6.95. The summed E-state index contributed by atoms with van der Waals surface area (Å²) >= 11 is 0. The number of fused-ring (bicyclic) bond motifs is 3. The van der Waals surface area contributed by atoms with E-state index in [9.17, 15) is 0 Å². The van der Waals surface area contributed by atoms with Crippen LogP contribution in [0.5, 0.6) is 0 Å². The van der Waals surface area contributed by atoms with Gasteiger partial charge in [-0.15, -0.1) is 11.1 Å². The van der Waals surface area contributed by atoms with Gasteiger partial charge < -0.3 is 5.73 Å². The molecule has 1 aliphatic carbocycles. The van der Waals surface area contributed by atoms with Gasteiger partial charge in [-0.2, -0.15) is 58.1 Å². The first-order chi connectivity index (χ1) is 16.8. The molecule has 193 valence electrons. The van der Waals surface area contributed by atoms with E-state index in [-0.39, 0.29) is 21.7 Å². The van der Waals surface area contributed by atoms with Crippen LogP contribution < -0.4 is 0 Å². The van der Waals surface area contributed by atoms with Crippen LogP contribution in [0.1, 0.15) is 103 Å². The van der Waals surface area contributed by atoms with Gasteiger partial charge in [-0.05, 0) is 6.42 Å². The van der Waals surface area contributed by atoms with Crippen molar-refractivity contribution in [1.82, 2.24) is 0 Å². The molecule has 0 aromatic heterocycles. The van der Waals surface area contributed by atoms with E-state index in [4.69, 9.17) is 5.73 Å². The topological polar surface area (TPSA) is 23.8 Å². The Bertz CT molecular complexity index is 1010. The molecule has 0 atom stereocenters. The average molecular weight is 519 g/mol. The van der Waals surface area contributed by atoms with Crippen molar-refractivity contribution in [2.75, 3.05) is 6.54 Å². The Morgan fingerprint density at radius 2 is 1.44 bits per heavy atom. The molecule has 2 heteroatoms. The van der Waals surface area contributed by atoms with Gasteiger partial charge in [0.2, 0.25) is 0 Å². The van der Waals surface area contributed by atoms with E-state index in [0.717, 1.165) is 12.8 Å². The number of hydrogen-bond acceptors (Lipinski definition) is 0. The van der Waals surface area contributed by atoms with Crippen molar-refractivity contribution in [3.63, 3.8) is 0 Å². The normalized spacial score (nSPS) is 10.9. The summed E-state index contributed by atoms with van der Waals surface area (Å²) in [6.07, 6.45) is 11.7. The van der Waals surface area contributed by atoms with E-state index in [1.807, 2.05) is 0 Å². The molecule has 0 saturated carbocycles. The second-order valence-electron chi connectivity index (χ2n) is 10.3. The molecule has 3 aromatic rings. The summed E-state index contributed by atoms with van der Waals surface area (Å²) < 4.78 is 0. The first kappa shape index (κ1) is 32.5. The Balaban J connectivity index is 0.000000278. The van der Waals surface area contributed by atoms with Crippen molar-refractivity contribution in [3.8, 4) is 11.1 Å². The molecule has 0 amide bonds. The summed E-state index contributed by atoms with van der Waals surface area (Å²) in [7, 11) is 0. The number of nitrogens with one attached hydrogen (secondary N) is 1. The standard InChI is InChI=1S/C15H13.C10H22N.C9H13.Ti/c1-10-7-13-9-12-5-3-4-6-14(12)15(13)8-11(10)2;1-2-3-4-5-6-7-8-9-10-11;1-6-5-7(2)9(4)8(6)3;/h3-6,8H,9H2,1-2H3;11H,2-10H2,1H3;5H,1-4H3;/q3*-1;+3. The second kappa shape index (κ2) is 17.1. The minimum atomic E-state index is 0. The number of unbranched alkanes of at least 4 members (excludes halogenated alkanes) is 7. The quantitative estimate of drug-likeness (QED) is 0.126. The number of aryl methyl sites for hydroxylation is 4. The van der Waals surface area contributed by atoms with E-state index in [1.54, 1.807) is 0 Å². The summed E-state index contributed by atoms with van der Waals surface area (Å²) in [5.74, 6) is 0. The summed E-state index contributed by atoms with van der Waals surface area (Å²) in [5.41, 5.74) is 20.9. The van der Waals surface area contributed by atoms with Crippen LogP contribution >= 0.6 is 0 Å². The molecule has 1 aliphatic rings. The van der Waals surface area contributed by atoms with Gasteiger partial charge in [-0.25, -0.2) is 0 Å². The molecule has 0 bridgehead atoms. The SMILES string of the molecule is CCCCCCCCCC[NH-].Cc1[c-]c2c(cc1C)-c1ccccc1C2.Cc1c[c-](C)c(C)c1C.[Ti+3]. The Hall–Kier alpha value is -1.54. The fourth-order valence-corrected chi connectivity index (χ4v) is 4.70. The van der Waals surface area contributed by atoms with Crippen LogP contribution in [0.2, 0.25) is 0 Å². The maximum Gasteiger partial charge on any atom is 3.00 e. The molecule has 0 fully saturated rings. The number of benzene rings is 2. The molecule has 0 unspecified atom stereocenters. The van der Waals surface area contributed by atoms with Crippen molar-refractivity contribution in [2.24, 2.45) is 0 Å². The second-order valence-corrected chi connectivity index (χ2v) is 10.3. The minimum Gasteiger partial charge on any atom is -0.677 e. The summed E-state index contributed by atoms with van der Waals surface area (Å²) in [4.78, 5) is 0. The molecular formula is C34H48NTi. The average Bonchev–Trinajstić information content (AvgIpc) is 3.31. The molecule has 3 aromatic carbocycles. The number of rotatable bonds is 8. The molecule has 4 rings (SSSR count). The van der Waals surface area contributed by atoms with Crippen LogP contribution in [-0.2, 0) is 28.1 Å². The first-order valence-corrected chi connectivity index (χ1v) is 13.7. The predicted molar refractivity (Wildman–Crippen MR) is 156 cm³/mol.